The Morgan fingerprint density at radius 1 is 0.257 bits per heavy atom. The Morgan fingerprint density at radius 3 is 0.649 bits per heavy atom. The Kier molecular flexibility index (Phi) is 9.81. The van der Waals surface area contributed by atoms with Gasteiger partial charge in [0.2, 0.25) is 0 Å². The Labute approximate surface area is 459 Å². The zero-order valence-electron chi connectivity index (χ0n) is 49.6. The van der Waals surface area contributed by atoms with Gasteiger partial charge in [0.15, 0.2) is 0 Å². The van der Waals surface area contributed by atoms with Gasteiger partial charge in [-0.05, 0) is 0 Å². The molecule has 0 unspecified atom stereocenters. The van der Waals surface area contributed by atoms with Crippen LogP contribution in [0.5, 0.6) is 0 Å². The Hall–Kier alpha value is -3.07. The van der Waals surface area contributed by atoms with Crippen LogP contribution in [0, 0.1) is 0 Å². The van der Waals surface area contributed by atoms with Crippen LogP contribution in [0.3, 0.4) is 0 Å². The molecule has 8 aliphatic rings. The first kappa shape index (κ1) is 50.4. The van der Waals surface area contributed by atoms with Gasteiger partial charge in [0.05, 0.1) is 0 Å². The van der Waals surface area contributed by atoms with E-state index in [4.69, 9.17) is 10.0 Å². The second-order valence-electron chi connectivity index (χ2n) is 33.0. The van der Waals surface area contributed by atoms with E-state index < -0.39 is 14.5 Å². The van der Waals surface area contributed by atoms with Crippen molar-refractivity contribution in [3.63, 3.8) is 0 Å². The summed E-state index contributed by atoms with van der Waals surface area (Å²) in [5.41, 5.74) is 31.4. The molecular weight excluding hydrogens is 973 g/mol. The van der Waals surface area contributed by atoms with Crippen LogP contribution in [-0.2, 0) is 65.0 Å². The molecule has 0 heterocycles. The molecule has 2 heteroatoms. The fourth-order valence-corrected chi connectivity index (χ4v) is 21.2. The van der Waals surface area contributed by atoms with Gasteiger partial charge in [0.25, 0.3) is 0 Å². The normalized spacial score (nSPS) is 25.9. The Morgan fingerprint density at radius 2 is 0.446 bits per heavy atom. The van der Waals surface area contributed by atoms with Crippen LogP contribution >= 0.6 is 10.0 Å². The van der Waals surface area contributed by atoms with Crippen molar-refractivity contribution < 1.29 is 0 Å². The zero-order chi connectivity index (χ0) is 53.3. The zero-order valence-corrected chi connectivity index (χ0v) is 52.5. The number of benzene rings is 5. The third kappa shape index (κ3) is 6.18. The van der Waals surface area contributed by atoms with Crippen molar-refractivity contribution in [1.82, 2.24) is 0 Å². The van der Waals surface area contributed by atoms with Crippen LogP contribution < -0.4 is 4.40 Å². The van der Waals surface area contributed by atoms with Crippen LogP contribution in [0.25, 0.3) is 22.3 Å². The fourth-order valence-electron chi connectivity index (χ4n) is 18.4. The van der Waals surface area contributed by atoms with Crippen molar-refractivity contribution in [2.24, 2.45) is 0 Å². The summed E-state index contributed by atoms with van der Waals surface area (Å²) in [5, 5.41) is 0. The third-order valence-electron chi connectivity index (χ3n) is 23.5. The maximum atomic E-state index is 8.23. The summed E-state index contributed by atoms with van der Waals surface area (Å²) in [4.78, 5) is 0. The molecule has 0 atom stereocenters. The van der Waals surface area contributed by atoms with Gasteiger partial charge in [0, 0.05) is 0 Å². The molecule has 0 saturated carbocycles. The van der Waals surface area contributed by atoms with Gasteiger partial charge in [-0.2, -0.15) is 0 Å². The molecule has 0 aromatic heterocycles. The minimum atomic E-state index is -1.14. The van der Waals surface area contributed by atoms with E-state index in [1.54, 1.807) is 93.4 Å². The summed E-state index contributed by atoms with van der Waals surface area (Å²) in [5.74, 6) is 0. The Balaban J connectivity index is 1.20. The predicted molar refractivity (Wildman–Crippen MR) is 318 cm³/mol. The van der Waals surface area contributed by atoms with Crippen LogP contribution in [0.2, 0.25) is 0 Å². The average molecular weight is 1060 g/mol. The molecule has 13 rings (SSSR count). The summed E-state index contributed by atoms with van der Waals surface area (Å²) in [7, 11) is 8.23. The monoisotopic (exact) mass is 1060 g/mol. The van der Waals surface area contributed by atoms with Crippen molar-refractivity contribution in [2.75, 3.05) is 0 Å². The number of hydrogen-bond acceptors (Lipinski definition) is 0. The van der Waals surface area contributed by atoms with Gasteiger partial charge < -0.3 is 0 Å². The molecule has 0 amide bonds. The van der Waals surface area contributed by atoms with Crippen molar-refractivity contribution in [1.29, 1.82) is 0 Å². The van der Waals surface area contributed by atoms with Crippen molar-refractivity contribution in [3.8, 4) is 22.3 Å². The topological polar surface area (TPSA) is 0 Å². The standard InChI is InChI=1S/C72H89ClGe/c1-61(2)21-25-65(9,10)52-33-44-40(29-48(52)61)41-30-49-53(66(11,12)26-22-62(49,3)4)34-45(41)71(44)38-69(17,18)56-37-57-59(60(74-73)58(56)71)72(39-70(57,19)20)46-35-54-50(63(5,6)23-27-67(54,13)14)31-42(46)43-32-51-55(36-47(43)72)68(15,16)28-24-64(51,7)8/h29-37H,21-28,38-39H2,1-20H3. The van der Waals surface area contributed by atoms with Gasteiger partial charge in [-0.3, -0.25) is 0 Å². The van der Waals surface area contributed by atoms with Gasteiger partial charge in [-0.1, -0.05) is 0 Å². The third-order valence-corrected chi connectivity index (χ3v) is 26.0. The van der Waals surface area contributed by atoms with E-state index in [-0.39, 0.29) is 65.0 Å². The molecule has 2 spiro atoms. The minimum absolute atomic E-state index is 0.0771. The Bertz CT molecular complexity index is 2990. The molecule has 0 saturated heterocycles. The van der Waals surface area contributed by atoms with E-state index in [0.29, 0.717) is 0 Å². The number of halogens is 1. The van der Waals surface area contributed by atoms with Crippen molar-refractivity contribution in [3.05, 3.63) is 144 Å². The first-order valence-corrected chi connectivity index (χ1v) is 33.2. The van der Waals surface area contributed by atoms with Crippen molar-refractivity contribution in [2.45, 2.75) is 268 Å². The molecule has 8 aliphatic carbocycles. The van der Waals surface area contributed by atoms with Crippen LogP contribution in [0.4, 0.5) is 0 Å². The second kappa shape index (κ2) is 14.4. The van der Waals surface area contributed by atoms with Gasteiger partial charge in [-0.25, -0.2) is 0 Å². The summed E-state index contributed by atoms with van der Waals surface area (Å²) in [6, 6.07) is 25.2. The van der Waals surface area contributed by atoms with E-state index in [9.17, 15) is 0 Å². The van der Waals surface area contributed by atoms with Crippen LogP contribution in [0.15, 0.2) is 54.6 Å². The molecule has 74 heavy (non-hydrogen) atoms. The van der Waals surface area contributed by atoms with Gasteiger partial charge >= 0.3 is 462 Å². The number of rotatable bonds is 1. The summed E-state index contributed by atoms with van der Waals surface area (Å²) >= 11 is -1.14. The maximum absolute atomic E-state index is 8.23. The molecule has 0 N–H and O–H groups in total. The molecule has 0 fully saturated rings. The predicted octanol–water partition coefficient (Wildman–Crippen LogP) is 18.6. The van der Waals surface area contributed by atoms with E-state index in [2.05, 4.69) is 193 Å². The molecule has 0 nitrogen and oxygen atoms in total. The number of hydrogen-bond donors (Lipinski definition) is 0. The molecule has 5 aromatic rings. The quantitative estimate of drug-likeness (QED) is 0.147. The molecule has 388 valence electrons. The van der Waals surface area contributed by atoms with Gasteiger partial charge in [0.1, 0.15) is 0 Å². The van der Waals surface area contributed by atoms with E-state index in [1.165, 1.54) is 73.6 Å². The molecule has 0 aliphatic heterocycles. The summed E-state index contributed by atoms with van der Waals surface area (Å²) < 4.78 is 1.57. The van der Waals surface area contributed by atoms with Crippen molar-refractivity contribution >= 4 is 28.9 Å². The average Bonchev–Trinajstić information content (AvgIpc) is 3.91. The SMILES string of the molecule is CC1(C)CCC(C)(C)c2cc3c(cc21)-c1cc2c(cc1C31CC(C)(C)c3cc4c([c]([Ge][Cl])c31)C1(CC4(C)C)c3cc4c(cc3-c3cc5c(cc31)C(C)(C)CCC5(C)C)C(C)(C)CCC4(C)C)C(C)(C)CCC2(C)C. The second-order valence-corrected chi connectivity index (χ2v) is 35.4. The van der Waals surface area contributed by atoms with Crippen LogP contribution in [-0.4, -0.2) is 14.5 Å². The van der Waals surface area contributed by atoms with Crippen LogP contribution in [0.1, 0.15) is 292 Å². The first-order chi connectivity index (χ1) is 34.0. The fraction of sp³-hybridized carbons (Fsp3) is 0.583. The number of fused-ring (bicyclic) bond motifs is 18. The van der Waals surface area contributed by atoms with E-state index in [0.717, 1.165) is 12.8 Å². The molecule has 0 bridgehead atoms. The first-order valence-electron chi connectivity index (χ1n) is 29.4. The molecule has 2 radical (unpaired) electrons. The molecular formula is C72H89ClGe. The van der Waals surface area contributed by atoms with Gasteiger partial charge in [-0.15, -0.1) is 0 Å². The van der Waals surface area contributed by atoms with E-state index in [1.807, 2.05) is 0 Å². The summed E-state index contributed by atoms with van der Waals surface area (Å²) in [6.07, 6.45) is 11.8. The molecule has 5 aromatic carbocycles. The van der Waals surface area contributed by atoms with E-state index >= 15 is 0 Å². The summed E-state index contributed by atoms with van der Waals surface area (Å²) in [6.45, 7) is 51.1.